The van der Waals surface area contributed by atoms with Gasteiger partial charge in [-0.1, -0.05) is 19.8 Å². The van der Waals surface area contributed by atoms with Gasteiger partial charge in [-0.3, -0.25) is 4.79 Å². The van der Waals surface area contributed by atoms with Gasteiger partial charge in [0, 0.05) is 43.9 Å². The summed E-state index contributed by atoms with van der Waals surface area (Å²) in [6.45, 7) is 5.73. The smallest absolute Gasteiger partial charge is 0.255 e. The van der Waals surface area contributed by atoms with E-state index in [1.54, 1.807) is 0 Å². The van der Waals surface area contributed by atoms with Crippen molar-refractivity contribution in [3.05, 3.63) is 33.2 Å². The molecule has 0 fully saturated rings. The Morgan fingerprint density at radius 1 is 1.35 bits per heavy atom. The highest BCUT2D eigenvalue weighted by Gasteiger charge is 2.19. The summed E-state index contributed by atoms with van der Waals surface area (Å²) in [6.07, 6.45) is 4.47. The summed E-state index contributed by atoms with van der Waals surface area (Å²) in [5.41, 5.74) is 3.71. The number of nitrogens with one attached hydrogen (secondary N) is 1. The fourth-order valence-corrected chi connectivity index (χ4v) is 3.00. The lowest BCUT2D eigenvalue weighted by molar-refractivity contribution is 0.303. The Morgan fingerprint density at radius 3 is 2.85 bits per heavy atom. The van der Waals surface area contributed by atoms with Gasteiger partial charge in [-0.15, -0.1) is 0 Å². The van der Waals surface area contributed by atoms with E-state index in [1.807, 2.05) is 11.6 Å². The van der Waals surface area contributed by atoms with Crippen molar-refractivity contribution in [3.8, 4) is 0 Å². The highest BCUT2D eigenvalue weighted by atomic mass is 16.1. The second kappa shape index (κ2) is 7.04. The molecular formula is C16H27N3O. The Balaban J connectivity index is 2.37. The van der Waals surface area contributed by atoms with Gasteiger partial charge in [0.15, 0.2) is 0 Å². The molecule has 0 bridgehead atoms. The summed E-state index contributed by atoms with van der Waals surface area (Å²) in [4.78, 5) is 14.9. The maximum atomic E-state index is 12.6. The summed E-state index contributed by atoms with van der Waals surface area (Å²) in [6, 6.07) is 2.11. The van der Waals surface area contributed by atoms with Gasteiger partial charge >= 0.3 is 0 Å². The molecule has 1 aromatic heterocycles. The monoisotopic (exact) mass is 277 g/mol. The zero-order chi connectivity index (χ0) is 14.5. The average Bonchev–Trinajstić information content (AvgIpc) is 2.43. The molecule has 0 atom stereocenters. The Morgan fingerprint density at radius 2 is 2.15 bits per heavy atom. The highest BCUT2D eigenvalue weighted by molar-refractivity contribution is 5.29. The molecule has 0 unspecified atom stereocenters. The maximum Gasteiger partial charge on any atom is 0.255 e. The standard InChI is InChI=1S/C16H27N3O/c1-4-5-6-8-19-15-7-9-18(3)12-14(15)10-13(11-17-2)16(19)20/h10,17H,4-9,11-12H2,1-3H3. The van der Waals surface area contributed by atoms with Crippen LogP contribution in [0.2, 0.25) is 0 Å². The van der Waals surface area contributed by atoms with Crippen molar-refractivity contribution in [1.82, 2.24) is 14.8 Å². The normalized spacial score (nSPS) is 15.3. The summed E-state index contributed by atoms with van der Waals surface area (Å²) < 4.78 is 2.05. The van der Waals surface area contributed by atoms with Crippen molar-refractivity contribution in [1.29, 1.82) is 0 Å². The molecule has 0 amide bonds. The molecule has 0 spiro atoms. The van der Waals surface area contributed by atoms with Crippen LogP contribution in [0.3, 0.4) is 0 Å². The Hall–Kier alpha value is -1.13. The van der Waals surface area contributed by atoms with Crippen LogP contribution in [-0.2, 0) is 26.1 Å². The lowest BCUT2D eigenvalue weighted by Crippen LogP contribution is -2.36. The molecule has 1 N–H and O–H groups in total. The van der Waals surface area contributed by atoms with Crippen LogP contribution >= 0.6 is 0 Å². The van der Waals surface area contributed by atoms with E-state index in [-0.39, 0.29) is 5.56 Å². The van der Waals surface area contributed by atoms with E-state index in [1.165, 1.54) is 24.1 Å². The van der Waals surface area contributed by atoms with Crippen LogP contribution in [0.4, 0.5) is 0 Å². The van der Waals surface area contributed by atoms with Gasteiger partial charge in [0.1, 0.15) is 0 Å². The van der Waals surface area contributed by atoms with E-state index in [0.29, 0.717) is 6.54 Å². The second-order valence-electron chi connectivity index (χ2n) is 5.82. The molecule has 0 saturated carbocycles. The first kappa shape index (κ1) is 15.3. The van der Waals surface area contributed by atoms with Gasteiger partial charge in [0.2, 0.25) is 0 Å². The van der Waals surface area contributed by atoms with Crippen LogP contribution in [0, 0.1) is 0 Å². The molecule has 0 aliphatic carbocycles. The zero-order valence-corrected chi connectivity index (χ0v) is 13.0. The number of pyridine rings is 1. The van der Waals surface area contributed by atoms with Crippen molar-refractivity contribution in [3.63, 3.8) is 0 Å². The Bertz CT molecular complexity index is 507. The number of unbranched alkanes of at least 4 members (excludes halogenated alkanes) is 2. The highest BCUT2D eigenvalue weighted by Crippen LogP contribution is 2.18. The molecule has 0 saturated heterocycles. The third-order valence-corrected chi connectivity index (χ3v) is 4.09. The molecule has 2 heterocycles. The van der Waals surface area contributed by atoms with Crippen LogP contribution in [0.5, 0.6) is 0 Å². The number of fused-ring (bicyclic) bond motifs is 1. The van der Waals surface area contributed by atoms with E-state index < -0.39 is 0 Å². The van der Waals surface area contributed by atoms with Crippen molar-refractivity contribution < 1.29 is 0 Å². The van der Waals surface area contributed by atoms with Crippen molar-refractivity contribution in [2.45, 2.75) is 52.2 Å². The Labute approximate surface area is 121 Å². The first-order valence-corrected chi connectivity index (χ1v) is 7.75. The molecule has 112 valence electrons. The molecule has 4 heteroatoms. The predicted molar refractivity (Wildman–Crippen MR) is 83.0 cm³/mol. The minimum atomic E-state index is 0.207. The summed E-state index contributed by atoms with van der Waals surface area (Å²) in [7, 11) is 4.04. The SMILES string of the molecule is CCCCCn1c2c(cc(CNC)c1=O)CN(C)CC2. The lowest BCUT2D eigenvalue weighted by Gasteiger charge is -2.28. The number of nitrogens with zero attached hydrogens (tertiary/aromatic N) is 2. The van der Waals surface area contributed by atoms with Crippen LogP contribution in [0.1, 0.15) is 43.0 Å². The van der Waals surface area contributed by atoms with Crippen LogP contribution in [0.25, 0.3) is 0 Å². The second-order valence-corrected chi connectivity index (χ2v) is 5.82. The number of hydrogen-bond acceptors (Lipinski definition) is 3. The predicted octanol–water partition coefficient (Wildman–Crippen LogP) is 1.75. The van der Waals surface area contributed by atoms with Crippen molar-refractivity contribution in [2.24, 2.45) is 0 Å². The fraction of sp³-hybridized carbons (Fsp3) is 0.688. The van der Waals surface area contributed by atoms with Gasteiger partial charge in [0.05, 0.1) is 0 Å². The molecule has 1 aromatic rings. The van der Waals surface area contributed by atoms with Gasteiger partial charge in [0.25, 0.3) is 5.56 Å². The van der Waals surface area contributed by atoms with Crippen molar-refractivity contribution in [2.75, 3.05) is 20.6 Å². The largest absolute Gasteiger partial charge is 0.315 e. The van der Waals surface area contributed by atoms with Gasteiger partial charge < -0.3 is 14.8 Å². The fourth-order valence-electron chi connectivity index (χ4n) is 3.00. The summed E-state index contributed by atoms with van der Waals surface area (Å²) in [5.74, 6) is 0. The van der Waals surface area contributed by atoms with E-state index in [2.05, 4.69) is 30.3 Å². The molecule has 4 nitrogen and oxygen atoms in total. The number of aromatic nitrogens is 1. The number of likely N-dealkylation sites (N-methyl/N-ethyl adjacent to an activating group) is 1. The number of hydrogen-bond donors (Lipinski definition) is 1. The molecule has 20 heavy (non-hydrogen) atoms. The van der Waals surface area contributed by atoms with E-state index in [0.717, 1.165) is 38.0 Å². The molecule has 0 radical (unpaired) electrons. The third-order valence-electron chi connectivity index (χ3n) is 4.09. The topological polar surface area (TPSA) is 37.3 Å². The van der Waals surface area contributed by atoms with Crippen LogP contribution < -0.4 is 10.9 Å². The molecular weight excluding hydrogens is 250 g/mol. The maximum absolute atomic E-state index is 12.6. The summed E-state index contributed by atoms with van der Waals surface area (Å²) in [5, 5.41) is 3.11. The quantitative estimate of drug-likeness (QED) is 0.805. The molecule has 0 aromatic carbocycles. The van der Waals surface area contributed by atoms with E-state index >= 15 is 0 Å². The van der Waals surface area contributed by atoms with Crippen molar-refractivity contribution >= 4 is 0 Å². The minimum absolute atomic E-state index is 0.207. The van der Waals surface area contributed by atoms with Crippen LogP contribution in [0.15, 0.2) is 10.9 Å². The zero-order valence-electron chi connectivity index (χ0n) is 13.0. The van der Waals surface area contributed by atoms with E-state index in [9.17, 15) is 4.79 Å². The molecule has 1 aliphatic heterocycles. The third kappa shape index (κ3) is 3.30. The van der Waals surface area contributed by atoms with Crippen LogP contribution in [-0.4, -0.2) is 30.1 Å². The van der Waals surface area contributed by atoms with Gasteiger partial charge in [-0.05, 0) is 32.1 Å². The first-order chi connectivity index (χ1) is 9.67. The van der Waals surface area contributed by atoms with Gasteiger partial charge in [-0.2, -0.15) is 0 Å². The molecule has 2 rings (SSSR count). The first-order valence-electron chi connectivity index (χ1n) is 7.75. The average molecular weight is 277 g/mol. The summed E-state index contributed by atoms with van der Waals surface area (Å²) >= 11 is 0. The number of rotatable bonds is 6. The minimum Gasteiger partial charge on any atom is -0.315 e. The van der Waals surface area contributed by atoms with E-state index in [4.69, 9.17) is 0 Å². The lowest BCUT2D eigenvalue weighted by atomic mass is 10.0. The van der Waals surface area contributed by atoms with Gasteiger partial charge in [-0.25, -0.2) is 0 Å². The Kier molecular flexibility index (Phi) is 5.38. The molecule has 1 aliphatic rings.